The van der Waals surface area contributed by atoms with Crippen molar-refractivity contribution in [2.45, 2.75) is 25.7 Å². The molecule has 0 bridgehead atoms. The largest absolute Gasteiger partial charge is 0.478 e. The summed E-state index contributed by atoms with van der Waals surface area (Å²) in [6.07, 6.45) is 1.54. The molecule has 1 aromatic carbocycles. The van der Waals surface area contributed by atoms with Gasteiger partial charge < -0.3 is 5.11 Å². The van der Waals surface area contributed by atoms with E-state index >= 15 is 0 Å². The minimum absolute atomic E-state index is 0.0638. The molecule has 4 nitrogen and oxygen atoms in total. The van der Waals surface area contributed by atoms with Gasteiger partial charge in [0.2, 0.25) is 0 Å². The highest BCUT2D eigenvalue weighted by atomic mass is 16.4. The second-order valence-electron chi connectivity index (χ2n) is 3.70. The van der Waals surface area contributed by atoms with Crippen molar-refractivity contribution in [1.29, 1.82) is 5.26 Å². The quantitative estimate of drug-likeness (QED) is 0.813. The number of hydrogen-bond donors (Lipinski definition) is 1. The molecule has 4 heteroatoms. The molecule has 0 amide bonds. The predicted octanol–water partition coefficient (Wildman–Crippen LogP) is 2.19. The zero-order valence-electron chi connectivity index (χ0n) is 9.35. The highest BCUT2D eigenvalue weighted by Gasteiger charge is 2.04. The fourth-order valence-corrected chi connectivity index (χ4v) is 1.42. The van der Waals surface area contributed by atoms with Crippen LogP contribution in [0.5, 0.6) is 0 Å². The molecule has 1 aromatic rings. The molecule has 1 rings (SSSR count). The molecule has 0 aromatic heterocycles. The lowest BCUT2D eigenvalue weighted by Gasteiger charge is -2.01. The van der Waals surface area contributed by atoms with Crippen molar-refractivity contribution in [3.05, 3.63) is 35.4 Å². The number of nitriles is 1. The van der Waals surface area contributed by atoms with Crippen LogP contribution in [0.3, 0.4) is 0 Å². The van der Waals surface area contributed by atoms with Crippen molar-refractivity contribution in [1.82, 2.24) is 0 Å². The number of carboxylic acid groups (broad SMARTS) is 1. The summed E-state index contributed by atoms with van der Waals surface area (Å²) in [4.78, 5) is 21.9. The molecule has 17 heavy (non-hydrogen) atoms. The summed E-state index contributed by atoms with van der Waals surface area (Å²) in [5, 5.41) is 17.0. The lowest BCUT2D eigenvalue weighted by Crippen LogP contribution is -2.00. The molecule has 0 saturated carbocycles. The van der Waals surface area contributed by atoms with E-state index in [1.807, 2.05) is 6.07 Å². The van der Waals surface area contributed by atoms with Gasteiger partial charge in [-0.3, -0.25) is 4.79 Å². The van der Waals surface area contributed by atoms with Gasteiger partial charge in [0.15, 0.2) is 0 Å². The predicted molar refractivity (Wildman–Crippen MR) is 61.6 cm³/mol. The Balaban J connectivity index is 2.45. The van der Waals surface area contributed by atoms with Crippen LogP contribution in [0.1, 0.15) is 35.2 Å². The number of carbonyl (C=O) groups is 2. The van der Waals surface area contributed by atoms with Gasteiger partial charge in [-0.05, 0) is 24.1 Å². The van der Waals surface area contributed by atoms with E-state index in [1.54, 1.807) is 12.1 Å². The maximum atomic E-state index is 11.3. The van der Waals surface area contributed by atoms with Gasteiger partial charge in [0.25, 0.3) is 0 Å². The number of aromatic carboxylic acids is 1. The highest BCUT2D eigenvalue weighted by Crippen LogP contribution is 2.08. The van der Waals surface area contributed by atoms with E-state index in [4.69, 9.17) is 10.4 Å². The van der Waals surface area contributed by atoms with Gasteiger partial charge in [-0.15, -0.1) is 0 Å². The van der Waals surface area contributed by atoms with Gasteiger partial charge in [0.1, 0.15) is 5.78 Å². The first-order valence-corrected chi connectivity index (χ1v) is 5.34. The standard InChI is InChI=1S/C13H13NO3/c14-9-1-2-12(15)8-5-10-3-6-11(7-4-10)13(16)17/h3-4,6-7H,1-2,5,8H2,(H,16,17). The fourth-order valence-electron chi connectivity index (χ4n) is 1.42. The lowest BCUT2D eigenvalue weighted by molar-refractivity contribution is -0.118. The SMILES string of the molecule is N#CCCC(=O)CCc1ccc(C(=O)O)cc1. The van der Waals surface area contributed by atoms with Crippen molar-refractivity contribution in [3.63, 3.8) is 0 Å². The molecule has 0 aliphatic rings. The van der Waals surface area contributed by atoms with E-state index in [2.05, 4.69) is 0 Å². The van der Waals surface area contributed by atoms with Crippen LogP contribution in [-0.2, 0) is 11.2 Å². The summed E-state index contributed by atoms with van der Waals surface area (Å²) in [5.74, 6) is -0.893. The van der Waals surface area contributed by atoms with E-state index in [1.165, 1.54) is 12.1 Å². The maximum absolute atomic E-state index is 11.3. The second-order valence-corrected chi connectivity index (χ2v) is 3.70. The van der Waals surface area contributed by atoms with Gasteiger partial charge in [0, 0.05) is 19.3 Å². The first-order chi connectivity index (χ1) is 8.13. The Labute approximate surface area is 99.5 Å². The number of aryl methyl sites for hydroxylation is 1. The molecule has 0 spiro atoms. The van der Waals surface area contributed by atoms with Gasteiger partial charge in [-0.2, -0.15) is 5.26 Å². The number of nitrogens with zero attached hydrogens (tertiary/aromatic N) is 1. The third kappa shape index (κ3) is 4.47. The monoisotopic (exact) mass is 231 g/mol. The molecule has 0 fully saturated rings. The molecule has 0 heterocycles. The number of hydrogen-bond acceptors (Lipinski definition) is 3. The summed E-state index contributed by atoms with van der Waals surface area (Å²) in [7, 11) is 0. The van der Waals surface area contributed by atoms with Gasteiger partial charge in [-0.25, -0.2) is 4.79 Å². The molecular weight excluding hydrogens is 218 g/mol. The van der Waals surface area contributed by atoms with Crippen molar-refractivity contribution in [2.24, 2.45) is 0 Å². The Bertz CT molecular complexity index is 443. The Hall–Kier alpha value is -2.15. The van der Waals surface area contributed by atoms with Crippen LogP contribution in [0.25, 0.3) is 0 Å². The molecule has 0 unspecified atom stereocenters. The minimum Gasteiger partial charge on any atom is -0.478 e. The molecule has 0 radical (unpaired) electrons. The van der Waals surface area contributed by atoms with Crippen LogP contribution in [0.15, 0.2) is 24.3 Å². The Morgan fingerprint density at radius 3 is 2.35 bits per heavy atom. The van der Waals surface area contributed by atoms with Crippen molar-refractivity contribution >= 4 is 11.8 Å². The summed E-state index contributed by atoms with van der Waals surface area (Å²) in [5.41, 5.74) is 1.17. The highest BCUT2D eigenvalue weighted by molar-refractivity contribution is 5.87. The molecule has 0 saturated heterocycles. The molecule has 88 valence electrons. The minimum atomic E-state index is -0.957. The Morgan fingerprint density at radius 1 is 1.18 bits per heavy atom. The van der Waals surface area contributed by atoms with Crippen LogP contribution >= 0.6 is 0 Å². The van der Waals surface area contributed by atoms with E-state index in [0.717, 1.165) is 5.56 Å². The van der Waals surface area contributed by atoms with Crippen LogP contribution in [-0.4, -0.2) is 16.9 Å². The first kappa shape index (κ1) is 12.9. The van der Waals surface area contributed by atoms with Crippen LogP contribution in [0.4, 0.5) is 0 Å². The number of benzene rings is 1. The van der Waals surface area contributed by atoms with Crippen molar-refractivity contribution < 1.29 is 14.7 Å². The zero-order valence-corrected chi connectivity index (χ0v) is 9.35. The topological polar surface area (TPSA) is 78.2 Å². The van der Waals surface area contributed by atoms with E-state index < -0.39 is 5.97 Å². The molecular formula is C13H13NO3. The summed E-state index contributed by atoms with van der Waals surface area (Å²) in [6, 6.07) is 8.40. The van der Waals surface area contributed by atoms with Crippen LogP contribution < -0.4 is 0 Å². The average Bonchev–Trinajstić information content (AvgIpc) is 2.34. The summed E-state index contributed by atoms with van der Waals surface area (Å²) >= 11 is 0. The molecule has 0 aliphatic carbocycles. The average molecular weight is 231 g/mol. The maximum Gasteiger partial charge on any atom is 0.335 e. The van der Waals surface area contributed by atoms with E-state index in [0.29, 0.717) is 19.3 Å². The fraction of sp³-hybridized carbons (Fsp3) is 0.308. The van der Waals surface area contributed by atoms with Crippen LogP contribution in [0, 0.1) is 11.3 Å². The van der Waals surface area contributed by atoms with Gasteiger partial charge >= 0.3 is 5.97 Å². The van der Waals surface area contributed by atoms with Gasteiger partial charge in [0.05, 0.1) is 11.6 Å². The third-order valence-electron chi connectivity index (χ3n) is 2.41. The number of ketones is 1. The number of carboxylic acids is 1. The smallest absolute Gasteiger partial charge is 0.335 e. The number of carbonyl (C=O) groups excluding carboxylic acids is 1. The van der Waals surface area contributed by atoms with Gasteiger partial charge in [-0.1, -0.05) is 12.1 Å². The van der Waals surface area contributed by atoms with E-state index in [-0.39, 0.29) is 17.8 Å². The Kier molecular flexibility index (Phi) is 4.89. The van der Waals surface area contributed by atoms with E-state index in [9.17, 15) is 9.59 Å². The normalized spacial score (nSPS) is 9.59. The molecule has 1 N–H and O–H groups in total. The molecule has 0 aliphatic heterocycles. The zero-order chi connectivity index (χ0) is 12.7. The van der Waals surface area contributed by atoms with Crippen molar-refractivity contribution in [2.75, 3.05) is 0 Å². The Morgan fingerprint density at radius 2 is 1.82 bits per heavy atom. The second kappa shape index (κ2) is 6.44. The summed E-state index contributed by atoms with van der Waals surface area (Å²) < 4.78 is 0. The lowest BCUT2D eigenvalue weighted by atomic mass is 10.0. The number of Topliss-reactive ketones (excluding diaryl/α,β-unsaturated/α-hetero) is 1. The third-order valence-corrected chi connectivity index (χ3v) is 2.41. The van der Waals surface area contributed by atoms with Crippen molar-refractivity contribution in [3.8, 4) is 6.07 Å². The first-order valence-electron chi connectivity index (χ1n) is 5.34. The summed E-state index contributed by atoms with van der Waals surface area (Å²) in [6.45, 7) is 0. The molecule has 0 atom stereocenters. The number of rotatable bonds is 6. The van der Waals surface area contributed by atoms with Crippen LogP contribution in [0.2, 0.25) is 0 Å².